The monoisotopic (exact) mass is 289 g/mol. The maximum Gasteiger partial charge on any atom is 0.236 e. The minimum atomic E-state index is 0.181. The number of carbonyl (C=O) groups is 1. The summed E-state index contributed by atoms with van der Waals surface area (Å²) < 4.78 is 0. The van der Waals surface area contributed by atoms with Crippen LogP contribution in [0.4, 0.5) is 0 Å². The lowest BCUT2D eigenvalue weighted by atomic mass is 9.99. The van der Waals surface area contributed by atoms with Crippen LogP contribution < -0.4 is 5.73 Å². The Kier molecular flexibility index (Phi) is 5.37. The molecule has 0 radical (unpaired) electrons. The van der Waals surface area contributed by atoms with Crippen molar-refractivity contribution in [1.29, 1.82) is 0 Å². The summed E-state index contributed by atoms with van der Waals surface area (Å²) in [4.78, 5) is 16.5. The molecule has 1 saturated heterocycles. The average Bonchev–Trinajstić information content (AvgIpc) is 2.44. The van der Waals surface area contributed by atoms with E-state index in [2.05, 4.69) is 30.9 Å². The number of nitrogens with zero attached hydrogens (tertiary/aromatic N) is 2. The van der Waals surface area contributed by atoms with Crippen LogP contribution in [0.25, 0.3) is 0 Å². The number of aryl methyl sites for hydroxylation is 1. The molecule has 4 heteroatoms. The average molecular weight is 289 g/mol. The highest BCUT2D eigenvalue weighted by Crippen LogP contribution is 2.16. The van der Waals surface area contributed by atoms with Gasteiger partial charge in [-0.05, 0) is 37.8 Å². The number of hydrogen-bond donors (Lipinski definition) is 1. The molecule has 0 aromatic heterocycles. The van der Waals surface area contributed by atoms with E-state index in [1.807, 2.05) is 24.1 Å². The number of likely N-dealkylation sites (tertiary alicyclic amines) is 1. The maximum atomic E-state index is 12.4. The number of amides is 1. The normalized spacial score (nSPS) is 23.0. The number of carbonyl (C=O) groups excluding carboxylic acids is 1. The third-order valence-electron chi connectivity index (χ3n) is 4.49. The van der Waals surface area contributed by atoms with Gasteiger partial charge in [-0.1, -0.05) is 24.3 Å². The Morgan fingerprint density at radius 1 is 1.43 bits per heavy atom. The van der Waals surface area contributed by atoms with Gasteiger partial charge in [0.1, 0.15) is 0 Å². The van der Waals surface area contributed by atoms with Crippen molar-refractivity contribution in [2.24, 2.45) is 5.73 Å². The van der Waals surface area contributed by atoms with E-state index in [0.717, 1.165) is 19.4 Å². The highest BCUT2D eigenvalue weighted by Gasteiger charge is 2.25. The molecule has 1 aromatic rings. The highest BCUT2D eigenvalue weighted by atomic mass is 16.2. The second-order valence-corrected chi connectivity index (χ2v) is 6.28. The molecule has 1 aliphatic rings. The summed E-state index contributed by atoms with van der Waals surface area (Å²) in [6.07, 6.45) is 1.97. The van der Waals surface area contributed by atoms with E-state index in [1.165, 1.54) is 11.1 Å². The van der Waals surface area contributed by atoms with Gasteiger partial charge in [0.25, 0.3) is 0 Å². The fourth-order valence-electron chi connectivity index (χ4n) is 2.92. The van der Waals surface area contributed by atoms with Crippen LogP contribution in [0.2, 0.25) is 0 Å². The Labute approximate surface area is 127 Å². The van der Waals surface area contributed by atoms with Crippen molar-refractivity contribution in [3.63, 3.8) is 0 Å². The summed E-state index contributed by atoms with van der Waals surface area (Å²) in [5.41, 5.74) is 8.42. The van der Waals surface area contributed by atoms with Gasteiger partial charge in [-0.15, -0.1) is 0 Å². The Hall–Kier alpha value is -1.39. The molecule has 1 heterocycles. The first-order valence-corrected chi connectivity index (χ1v) is 7.75. The molecule has 0 bridgehead atoms. The van der Waals surface area contributed by atoms with Crippen molar-refractivity contribution in [3.8, 4) is 0 Å². The van der Waals surface area contributed by atoms with Gasteiger partial charge in [-0.3, -0.25) is 9.69 Å². The van der Waals surface area contributed by atoms with E-state index in [4.69, 9.17) is 5.73 Å². The topological polar surface area (TPSA) is 49.6 Å². The lowest BCUT2D eigenvalue weighted by Crippen LogP contribution is -2.49. The van der Waals surface area contributed by atoms with Crippen LogP contribution in [-0.4, -0.2) is 47.9 Å². The molecule has 2 N–H and O–H groups in total. The van der Waals surface area contributed by atoms with E-state index in [1.54, 1.807) is 0 Å². The van der Waals surface area contributed by atoms with Crippen LogP contribution in [0.1, 0.15) is 30.9 Å². The van der Waals surface area contributed by atoms with Crippen molar-refractivity contribution < 1.29 is 4.79 Å². The molecule has 2 unspecified atom stereocenters. The van der Waals surface area contributed by atoms with Gasteiger partial charge in [0.15, 0.2) is 0 Å². The smallest absolute Gasteiger partial charge is 0.236 e. The number of likely N-dealkylation sites (N-methyl/N-ethyl adjacent to an activating group) is 1. The number of hydrogen-bond acceptors (Lipinski definition) is 3. The third kappa shape index (κ3) is 4.29. The molecule has 2 atom stereocenters. The second kappa shape index (κ2) is 7.05. The minimum Gasteiger partial charge on any atom is -0.340 e. The molecule has 1 fully saturated rings. The number of nitrogens with two attached hydrogens (primary N) is 1. The van der Waals surface area contributed by atoms with Crippen LogP contribution >= 0.6 is 0 Å². The van der Waals surface area contributed by atoms with E-state index >= 15 is 0 Å². The lowest BCUT2D eigenvalue weighted by molar-refractivity contribution is -0.132. The molecular weight excluding hydrogens is 262 g/mol. The van der Waals surface area contributed by atoms with Crippen LogP contribution in [0.3, 0.4) is 0 Å². The minimum absolute atomic E-state index is 0.181. The van der Waals surface area contributed by atoms with Crippen molar-refractivity contribution in [3.05, 3.63) is 35.4 Å². The summed E-state index contributed by atoms with van der Waals surface area (Å²) in [5, 5.41) is 0. The Balaban J connectivity index is 1.89. The van der Waals surface area contributed by atoms with Crippen LogP contribution in [0, 0.1) is 6.92 Å². The van der Waals surface area contributed by atoms with Gasteiger partial charge in [0.05, 0.1) is 6.54 Å². The SMILES string of the molecule is Cc1ccccc1CN(C)C(=O)CN1CCC(N)CC1C. The summed E-state index contributed by atoms with van der Waals surface area (Å²) in [6.45, 7) is 6.34. The van der Waals surface area contributed by atoms with Crippen LogP contribution in [0.5, 0.6) is 0 Å². The molecule has 4 nitrogen and oxygen atoms in total. The maximum absolute atomic E-state index is 12.4. The Bertz CT molecular complexity index is 489. The molecule has 0 saturated carbocycles. The molecule has 1 amide bonds. The van der Waals surface area contributed by atoms with Crippen LogP contribution in [-0.2, 0) is 11.3 Å². The fourth-order valence-corrected chi connectivity index (χ4v) is 2.92. The predicted molar refractivity (Wildman–Crippen MR) is 85.9 cm³/mol. The fraction of sp³-hybridized carbons (Fsp3) is 0.588. The second-order valence-electron chi connectivity index (χ2n) is 6.28. The summed E-state index contributed by atoms with van der Waals surface area (Å²) >= 11 is 0. The van der Waals surface area contributed by atoms with E-state index < -0.39 is 0 Å². The Morgan fingerprint density at radius 3 is 2.81 bits per heavy atom. The molecule has 1 aromatic carbocycles. The van der Waals surface area contributed by atoms with Crippen molar-refractivity contribution >= 4 is 5.91 Å². The quantitative estimate of drug-likeness (QED) is 0.919. The van der Waals surface area contributed by atoms with Gasteiger partial charge in [0, 0.05) is 32.2 Å². The van der Waals surface area contributed by atoms with Gasteiger partial charge >= 0.3 is 0 Å². The molecule has 2 rings (SSSR count). The summed E-state index contributed by atoms with van der Waals surface area (Å²) in [6, 6.07) is 8.90. The molecular formula is C17H27N3O. The van der Waals surface area contributed by atoms with Gasteiger partial charge in [0.2, 0.25) is 5.91 Å². The van der Waals surface area contributed by atoms with Crippen LogP contribution in [0.15, 0.2) is 24.3 Å². The zero-order chi connectivity index (χ0) is 15.4. The van der Waals surface area contributed by atoms with Crippen molar-refractivity contribution in [2.75, 3.05) is 20.1 Å². The van der Waals surface area contributed by atoms with Gasteiger partial charge in [-0.2, -0.15) is 0 Å². The summed E-state index contributed by atoms with van der Waals surface area (Å²) in [5.74, 6) is 0.181. The zero-order valence-corrected chi connectivity index (χ0v) is 13.4. The van der Waals surface area contributed by atoms with Gasteiger partial charge < -0.3 is 10.6 Å². The standard InChI is InChI=1S/C17H27N3O/c1-13-6-4-5-7-15(13)11-19(3)17(21)12-20-9-8-16(18)10-14(20)2/h4-7,14,16H,8-12,18H2,1-3H3. The van der Waals surface area contributed by atoms with Crippen molar-refractivity contribution in [2.45, 2.75) is 45.3 Å². The molecule has 0 aliphatic carbocycles. The van der Waals surface area contributed by atoms with E-state index in [-0.39, 0.29) is 11.9 Å². The first-order valence-electron chi connectivity index (χ1n) is 7.75. The third-order valence-corrected chi connectivity index (χ3v) is 4.49. The Morgan fingerprint density at radius 2 is 2.14 bits per heavy atom. The number of rotatable bonds is 4. The molecule has 21 heavy (non-hydrogen) atoms. The highest BCUT2D eigenvalue weighted by molar-refractivity contribution is 5.78. The zero-order valence-electron chi connectivity index (χ0n) is 13.4. The van der Waals surface area contributed by atoms with E-state index in [0.29, 0.717) is 19.1 Å². The first-order chi connectivity index (χ1) is 9.97. The predicted octanol–water partition coefficient (Wildman–Crippen LogP) is 1.77. The van der Waals surface area contributed by atoms with E-state index in [9.17, 15) is 4.79 Å². The van der Waals surface area contributed by atoms with Crippen molar-refractivity contribution in [1.82, 2.24) is 9.80 Å². The summed E-state index contributed by atoms with van der Waals surface area (Å²) in [7, 11) is 1.88. The molecule has 0 spiro atoms. The molecule has 1 aliphatic heterocycles. The van der Waals surface area contributed by atoms with Gasteiger partial charge in [-0.25, -0.2) is 0 Å². The molecule has 116 valence electrons. The number of benzene rings is 1. The number of piperidine rings is 1. The first kappa shape index (κ1) is 16.0. The largest absolute Gasteiger partial charge is 0.340 e. The lowest BCUT2D eigenvalue weighted by Gasteiger charge is -2.36.